The van der Waals surface area contributed by atoms with Gasteiger partial charge in [-0.15, -0.1) is 28.1 Å². The highest BCUT2D eigenvalue weighted by atomic mass is 35.5. The van der Waals surface area contributed by atoms with Crippen molar-refractivity contribution in [1.82, 2.24) is 14.8 Å². The van der Waals surface area contributed by atoms with Gasteiger partial charge in [0.1, 0.15) is 16.8 Å². The van der Waals surface area contributed by atoms with Gasteiger partial charge in [0, 0.05) is 16.4 Å². The van der Waals surface area contributed by atoms with E-state index in [0.717, 1.165) is 36.8 Å². The van der Waals surface area contributed by atoms with Gasteiger partial charge in [-0.05, 0) is 73.8 Å². The summed E-state index contributed by atoms with van der Waals surface area (Å²) in [5.41, 5.74) is 2.91. The van der Waals surface area contributed by atoms with E-state index in [-0.39, 0.29) is 23.2 Å². The van der Waals surface area contributed by atoms with Gasteiger partial charge >= 0.3 is 0 Å². The van der Waals surface area contributed by atoms with Crippen molar-refractivity contribution in [3.63, 3.8) is 0 Å². The lowest BCUT2D eigenvalue weighted by Gasteiger charge is -2.36. The highest BCUT2D eigenvalue weighted by molar-refractivity contribution is 7.99. The quantitative estimate of drug-likeness (QED) is 0.179. The van der Waals surface area contributed by atoms with Gasteiger partial charge < -0.3 is 10.1 Å². The molecule has 2 heterocycles. The summed E-state index contributed by atoms with van der Waals surface area (Å²) in [7, 11) is 0. The molecule has 2 aromatic heterocycles. The van der Waals surface area contributed by atoms with Crippen LogP contribution in [0.1, 0.15) is 74.0 Å². The number of fused-ring (bicyclic) bond motifs is 1. The molecule has 0 fully saturated rings. The average molecular weight is 598 g/mol. The molecule has 2 unspecified atom stereocenters. The van der Waals surface area contributed by atoms with Crippen LogP contribution in [0.2, 0.25) is 5.02 Å². The number of allylic oxidation sites excluding steroid dienone is 1. The number of hydrogen-bond donors (Lipinski definition) is 1. The number of rotatable bonds is 11. The van der Waals surface area contributed by atoms with E-state index in [1.54, 1.807) is 23.5 Å². The molecule has 1 aliphatic carbocycles. The number of aromatic nitrogens is 3. The zero-order chi connectivity index (χ0) is 29.0. The fourth-order valence-electron chi connectivity index (χ4n) is 5.00. The third-order valence-electron chi connectivity index (χ3n) is 7.84. The van der Waals surface area contributed by atoms with Gasteiger partial charge in [0.25, 0.3) is 0 Å². The van der Waals surface area contributed by atoms with Crippen molar-refractivity contribution in [2.24, 2.45) is 11.3 Å². The number of hydrogen-bond acceptors (Lipinski definition) is 7. The number of benzene rings is 1. The molecular formula is C30H36ClN5O2S2. The summed E-state index contributed by atoms with van der Waals surface area (Å²) < 4.78 is 8.01. The molecule has 1 aromatic carbocycles. The summed E-state index contributed by atoms with van der Waals surface area (Å²) in [6.07, 6.45) is 5.42. The van der Waals surface area contributed by atoms with Crippen molar-refractivity contribution in [1.29, 1.82) is 5.26 Å². The van der Waals surface area contributed by atoms with Crippen LogP contribution in [0.5, 0.6) is 5.75 Å². The SMILES string of the molecule is C=CCn1c(SCC(=O)Nc2sc3c(c2C#N)CCC(C(C)(C)CC)C3)nnc1C(C)Oc1ccc(Cl)c(C)c1. The number of thioether (sulfide) groups is 1. The number of halogens is 1. The first-order chi connectivity index (χ1) is 19.1. The number of anilines is 1. The number of nitrogens with zero attached hydrogens (tertiary/aromatic N) is 4. The minimum Gasteiger partial charge on any atom is -0.483 e. The monoisotopic (exact) mass is 597 g/mol. The van der Waals surface area contributed by atoms with Crippen LogP contribution < -0.4 is 10.1 Å². The smallest absolute Gasteiger partial charge is 0.235 e. The summed E-state index contributed by atoms with van der Waals surface area (Å²) >= 11 is 8.99. The molecule has 3 aromatic rings. The third kappa shape index (κ3) is 6.56. The molecule has 10 heteroatoms. The lowest BCUT2D eigenvalue weighted by molar-refractivity contribution is -0.113. The number of nitrogens with one attached hydrogen (secondary N) is 1. The van der Waals surface area contributed by atoms with Gasteiger partial charge in [0.2, 0.25) is 5.91 Å². The van der Waals surface area contributed by atoms with Gasteiger partial charge in [-0.3, -0.25) is 9.36 Å². The summed E-state index contributed by atoms with van der Waals surface area (Å²) in [6, 6.07) is 7.86. The molecule has 1 N–H and O–H groups in total. The predicted octanol–water partition coefficient (Wildman–Crippen LogP) is 7.77. The Bertz CT molecular complexity index is 1440. The highest BCUT2D eigenvalue weighted by Gasteiger charge is 2.34. The van der Waals surface area contributed by atoms with E-state index in [1.807, 2.05) is 30.5 Å². The molecule has 2 atom stereocenters. The first kappa shape index (κ1) is 30.2. The minimum absolute atomic E-state index is 0.139. The topological polar surface area (TPSA) is 92.8 Å². The maximum absolute atomic E-state index is 13.0. The van der Waals surface area contributed by atoms with E-state index in [2.05, 4.69) is 48.9 Å². The third-order valence-corrected chi connectivity index (χ3v) is 10.4. The van der Waals surface area contributed by atoms with Crippen LogP contribution in [0.4, 0.5) is 5.00 Å². The number of thiophene rings is 1. The molecule has 0 saturated heterocycles. The normalized spacial score (nSPS) is 15.7. The van der Waals surface area contributed by atoms with Crippen molar-refractivity contribution in [2.75, 3.05) is 11.1 Å². The van der Waals surface area contributed by atoms with E-state index >= 15 is 0 Å². The molecule has 0 radical (unpaired) electrons. The largest absolute Gasteiger partial charge is 0.483 e. The molecule has 4 rings (SSSR count). The Morgan fingerprint density at radius 3 is 2.90 bits per heavy atom. The molecule has 40 heavy (non-hydrogen) atoms. The summed E-state index contributed by atoms with van der Waals surface area (Å²) in [4.78, 5) is 14.2. The van der Waals surface area contributed by atoms with Gasteiger partial charge in [0.15, 0.2) is 17.1 Å². The number of nitriles is 1. The Kier molecular flexibility index (Phi) is 9.65. The Morgan fingerprint density at radius 2 is 2.23 bits per heavy atom. The van der Waals surface area contributed by atoms with Crippen LogP contribution in [0.25, 0.3) is 0 Å². The van der Waals surface area contributed by atoms with Crippen molar-refractivity contribution in [3.8, 4) is 11.8 Å². The van der Waals surface area contributed by atoms with Crippen LogP contribution in [-0.2, 0) is 24.2 Å². The second-order valence-electron chi connectivity index (χ2n) is 10.8. The molecule has 0 bridgehead atoms. The molecule has 1 amide bonds. The zero-order valence-electron chi connectivity index (χ0n) is 23.7. The molecule has 1 aliphatic rings. The van der Waals surface area contributed by atoms with Crippen LogP contribution in [0, 0.1) is 29.6 Å². The van der Waals surface area contributed by atoms with Crippen molar-refractivity contribution >= 4 is 45.6 Å². The minimum atomic E-state index is -0.381. The highest BCUT2D eigenvalue weighted by Crippen LogP contribution is 2.45. The second kappa shape index (κ2) is 12.8. The Balaban J connectivity index is 1.43. The van der Waals surface area contributed by atoms with Gasteiger partial charge in [0.05, 0.1) is 11.3 Å². The van der Waals surface area contributed by atoms with E-state index in [0.29, 0.717) is 44.8 Å². The van der Waals surface area contributed by atoms with Gasteiger partial charge in [-0.2, -0.15) is 5.26 Å². The van der Waals surface area contributed by atoms with Crippen LogP contribution in [-0.4, -0.2) is 26.4 Å². The summed E-state index contributed by atoms with van der Waals surface area (Å²) in [5, 5.41) is 23.5. The fraction of sp³-hybridized carbons (Fsp3) is 0.467. The van der Waals surface area contributed by atoms with Crippen molar-refractivity contribution in [3.05, 3.63) is 63.3 Å². The molecule has 212 valence electrons. The molecule has 0 aliphatic heterocycles. The van der Waals surface area contributed by atoms with E-state index in [4.69, 9.17) is 16.3 Å². The van der Waals surface area contributed by atoms with Gasteiger partial charge in [-0.1, -0.05) is 56.6 Å². The second-order valence-corrected chi connectivity index (χ2v) is 13.3. The van der Waals surface area contributed by atoms with Crippen molar-refractivity contribution in [2.45, 2.75) is 78.1 Å². The van der Waals surface area contributed by atoms with E-state index in [9.17, 15) is 10.1 Å². The van der Waals surface area contributed by atoms with E-state index < -0.39 is 0 Å². The van der Waals surface area contributed by atoms with E-state index in [1.165, 1.54) is 16.6 Å². The molecule has 0 saturated carbocycles. The average Bonchev–Trinajstić information content (AvgIpc) is 3.49. The van der Waals surface area contributed by atoms with Crippen LogP contribution in [0.15, 0.2) is 36.0 Å². The molecular weight excluding hydrogens is 562 g/mol. The maximum Gasteiger partial charge on any atom is 0.235 e. The first-order valence-corrected chi connectivity index (χ1v) is 15.7. The zero-order valence-corrected chi connectivity index (χ0v) is 26.1. The molecule has 0 spiro atoms. The fourth-order valence-corrected chi connectivity index (χ4v) is 7.16. The summed E-state index contributed by atoms with van der Waals surface area (Å²) in [6.45, 7) is 15.1. The Morgan fingerprint density at radius 1 is 1.45 bits per heavy atom. The predicted molar refractivity (Wildman–Crippen MR) is 163 cm³/mol. The lowest BCUT2D eigenvalue weighted by atomic mass is 9.69. The summed E-state index contributed by atoms with van der Waals surface area (Å²) in [5.74, 6) is 1.86. The van der Waals surface area contributed by atoms with Gasteiger partial charge in [-0.25, -0.2) is 0 Å². The number of amides is 1. The first-order valence-electron chi connectivity index (χ1n) is 13.5. The van der Waals surface area contributed by atoms with Crippen LogP contribution >= 0.6 is 34.7 Å². The Labute approximate surface area is 250 Å². The number of aryl methyl sites for hydroxylation is 1. The standard InChI is InChI=1S/C30H36ClN5O2S2/c1-7-13-36-27(19(4)38-21-10-12-24(31)18(3)14-21)34-35-29(36)39-17-26(37)33-28-23(16-32)22-11-9-20(15-25(22)40-28)30(5,6)8-2/h7,10,12,14,19-20H,1,8-9,11,13,15,17H2,2-6H3,(H,33,37). The number of carbonyl (C=O) groups excluding carboxylic acids is 1. The lowest BCUT2D eigenvalue weighted by Crippen LogP contribution is -2.28. The number of carbonyl (C=O) groups is 1. The van der Waals surface area contributed by atoms with Crippen LogP contribution in [0.3, 0.4) is 0 Å². The maximum atomic E-state index is 13.0. The van der Waals surface area contributed by atoms with Crippen molar-refractivity contribution < 1.29 is 9.53 Å². The Hall–Kier alpha value is -2.80. The molecule has 7 nitrogen and oxygen atoms in total. The number of ether oxygens (including phenoxy) is 1.